The number of fused-ring (bicyclic) bond motifs is 2. The van der Waals surface area contributed by atoms with Crippen molar-refractivity contribution in [3.8, 4) is 33.9 Å². The fraction of sp³-hybridized carbons (Fsp3) is 0.115. The molecule has 0 aliphatic heterocycles. The maximum absolute atomic E-state index is 13.8. The molecular weight excluding hydrogens is 443 g/mol. The van der Waals surface area contributed by atoms with Crippen molar-refractivity contribution in [2.24, 2.45) is 0 Å². The number of hydrogen-bond acceptors (Lipinski definition) is 6. The number of pyridine rings is 3. The van der Waals surface area contributed by atoms with E-state index in [1.807, 2.05) is 50.9 Å². The Labute approximate surface area is 199 Å². The molecular formula is C26H21FN8. The average molecular weight is 465 g/mol. The van der Waals surface area contributed by atoms with Gasteiger partial charge in [-0.25, -0.2) is 14.4 Å². The van der Waals surface area contributed by atoms with Crippen molar-refractivity contribution in [1.82, 2.24) is 40.0 Å². The second-order valence-corrected chi connectivity index (χ2v) is 8.66. The summed E-state index contributed by atoms with van der Waals surface area (Å²) in [5.74, 6) is 0.258. The summed E-state index contributed by atoms with van der Waals surface area (Å²) in [4.78, 5) is 23.7. The number of aromatic nitrogens is 7. The molecule has 8 nitrogen and oxygen atoms in total. The van der Waals surface area contributed by atoms with Gasteiger partial charge in [-0.3, -0.25) is 15.1 Å². The van der Waals surface area contributed by atoms with Crippen LogP contribution in [0.1, 0.15) is 5.56 Å². The van der Waals surface area contributed by atoms with Crippen LogP contribution in [0.4, 0.5) is 4.39 Å². The summed E-state index contributed by atoms with van der Waals surface area (Å²) in [6.45, 7) is 0.800. The second kappa shape index (κ2) is 8.37. The van der Waals surface area contributed by atoms with Crippen LogP contribution in [0.3, 0.4) is 0 Å². The predicted molar refractivity (Wildman–Crippen MR) is 133 cm³/mol. The fourth-order valence-corrected chi connectivity index (χ4v) is 4.23. The molecule has 0 saturated carbocycles. The molecule has 6 aromatic rings. The highest BCUT2D eigenvalue weighted by molar-refractivity contribution is 5.96. The van der Waals surface area contributed by atoms with Crippen LogP contribution in [0.5, 0.6) is 0 Å². The van der Waals surface area contributed by atoms with E-state index in [0.29, 0.717) is 33.9 Å². The smallest absolute Gasteiger partial charge is 0.159 e. The topological polar surface area (TPSA) is 99.3 Å². The minimum Gasteiger partial charge on any atom is -0.336 e. The lowest BCUT2D eigenvalue weighted by Crippen LogP contribution is -2.10. The molecule has 0 aliphatic rings. The number of halogens is 1. The highest BCUT2D eigenvalue weighted by atomic mass is 19.1. The molecule has 0 saturated heterocycles. The second-order valence-electron chi connectivity index (χ2n) is 8.66. The summed E-state index contributed by atoms with van der Waals surface area (Å²) in [6.07, 6.45) is 7.20. The summed E-state index contributed by atoms with van der Waals surface area (Å²) in [6, 6.07) is 12.3. The fourth-order valence-electron chi connectivity index (χ4n) is 4.23. The quantitative estimate of drug-likeness (QED) is 0.379. The summed E-state index contributed by atoms with van der Waals surface area (Å²) < 4.78 is 13.8. The molecule has 0 fully saturated rings. The molecule has 172 valence electrons. The number of hydrogen-bond donors (Lipinski definition) is 2. The van der Waals surface area contributed by atoms with Crippen molar-refractivity contribution in [1.29, 1.82) is 0 Å². The minimum atomic E-state index is -0.321. The standard InChI is InChI=1S/C26H21FN8/c1-35(2)14-15-8-17(12-28-11-15)18-10-20-23(33-34-25(20)30-13-18)26-31-21-6-7-29-22(24(21)32-26)16-4-3-5-19(27)9-16/h3-13H,14H2,1-2H3,(H,31,32)(H,30,33,34). The Morgan fingerprint density at radius 3 is 2.66 bits per heavy atom. The molecule has 35 heavy (non-hydrogen) atoms. The third-order valence-corrected chi connectivity index (χ3v) is 5.77. The van der Waals surface area contributed by atoms with Crippen LogP contribution in [0.25, 0.3) is 56.0 Å². The summed E-state index contributed by atoms with van der Waals surface area (Å²) in [5, 5.41) is 8.31. The molecule has 0 aliphatic carbocycles. The van der Waals surface area contributed by atoms with Crippen LogP contribution in [-0.4, -0.2) is 54.1 Å². The van der Waals surface area contributed by atoms with Gasteiger partial charge in [-0.15, -0.1) is 0 Å². The zero-order valence-electron chi connectivity index (χ0n) is 19.1. The van der Waals surface area contributed by atoms with Gasteiger partial charge in [0.1, 0.15) is 17.0 Å². The van der Waals surface area contributed by atoms with E-state index in [0.717, 1.165) is 34.1 Å². The van der Waals surface area contributed by atoms with Gasteiger partial charge >= 0.3 is 0 Å². The maximum Gasteiger partial charge on any atom is 0.159 e. The Kier molecular flexibility index (Phi) is 5.04. The minimum absolute atomic E-state index is 0.321. The lowest BCUT2D eigenvalue weighted by atomic mass is 10.1. The number of rotatable bonds is 5. The molecule has 0 atom stereocenters. The van der Waals surface area contributed by atoms with Crippen LogP contribution in [0.2, 0.25) is 0 Å². The van der Waals surface area contributed by atoms with Crippen molar-refractivity contribution < 1.29 is 4.39 Å². The van der Waals surface area contributed by atoms with Crippen molar-refractivity contribution >= 4 is 22.1 Å². The van der Waals surface area contributed by atoms with E-state index < -0.39 is 0 Å². The van der Waals surface area contributed by atoms with E-state index in [9.17, 15) is 4.39 Å². The molecule has 6 rings (SSSR count). The van der Waals surface area contributed by atoms with E-state index in [1.54, 1.807) is 12.3 Å². The first-order chi connectivity index (χ1) is 17.0. The molecule has 5 aromatic heterocycles. The van der Waals surface area contributed by atoms with Gasteiger partial charge < -0.3 is 9.88 Å². The Balaban J connectivity index is 1.45. The summed E-state index contributed by atoms with van der Waals surface area (Å²) >= 11 is 0. The van der Waals surface area contributed by atoms with Crippen molar-refractivity contribution in [2.75, 3.05) is 14.1 Å². The molecule has 0 amide bonds. The largest absolute Gasteiger partial charge is 0.336 e. The number of imidazole rings is 1. The first-order valence-electron chi connectivity index (χ1n) is 11.1. The van der Waals surface area contributed by atoms with Gasteiger partial charge in [0, 0.05) is 48.0 Å². The van der Waals surface area contributed by atoms with Gasteiger partial charge in [0.2, 0.25) is 0 Å². The lowest BCUT2D eigenvalue weighted by Gasteiger charge is -2.10. The van der Waals surface area contributed by atoms with Crippen LogP contribution in [0, 0.1) is 5.82 Å². The van der Waals surface area contributed by atoms with Crippen LogP contribution in [0.15, 0.2) is 67.3 Å². The van der Waals surface area contributed by atoms with E-state index >= 15 is 0 Å². The Bertz CT molecular complexity index is 1680. The van der Waals surface area contributed by atoms with Crippen molar-refractivity contribution in [3.63, 3.8) is 0 Å². The van der Waals surface area contributed by atoms with Crippen molar-refractivity contribution in [3.05, 3.63) is 78.6 Å². The number of benzene rings is 1. The SMILES string of the molecule is CN(C)Cc1cncc(-c2cnc3[nH]nc(-c4nc5c(-c6cccc(F)c6)nccc5[nH]4)c3c2)c1. The Hall–Kier alpha value is -4.50. The number of H-pyrrole nitrogens is 2. The normalized spacial score (nSPS) is 11.7. The van der Waals surface area contributed by atoms with E-state index in [-0.39, 0.29) is 5.82 Å². The van der Waals surface area contributed by atoms with Gasteiger partial charge in [-0.2, -0.15) is 5.10 Å². The van der Waals surface area contributed by atoms with Crippen LogP contribution in [-0.2, 0) is 6.54 Å². The van der Waals surface area contributed by atoms with Crippen LogP contribution >= 0.6 is 0 Å². The summed E-state index contributed by atoms with van der Waals surface area (Å²) in [5.41, 5.74) is 7.04. The lowest BCUT2D eigenvalue weighted by molar-refractivity contribution is 0.402. The molecule has 0 spiro atoms. The molecule has 0 unspecified atom stereocenters. The highest BCUT2D eigenvalue weighted by Crippen LogP contribution is 2.31. The van der Waals surface area contributed by atoms with Crippen LogP contribution < -0.4 is 0 Å². The predicted octanol–water partition coefficient (Wildman–Crippen LogP) is 4.83. The van der Waals surface area contributed by atoms with E-state index in [1.165, 1.54) is 12.1 Å². The van der Waals surface area contributed by atoms with Gasteiger partial charge in [0.05, 0.1) is 16.6 Å². The molecule has 1 aromatic carbocycles. The monoisotopic (exact) mass is 464 g/mol. The molecule has 9 heteroatoms. The summed E-state index contributed by atoms with van der Waals surface area (Å²) in [7, 11) is 4.06. The highest BCUT2D eigenvalue weighted by Gasteiger charge is 2.17. The zero-order chi connectivity index (χ0) is 23.9. The third kappa shape index (κ3) is 3.91. The van der Waals surface area contributed by atoms with Crippen molar-refractivity contribution in [2.45, 2.75) is 6.54 Å². The first-order valence-corrected chi connectivity index (χ1v) is 11.1. The average Bonchev–Trinajstić information content (AvgIpc) is 3.47. The molecule has 0 bridgehead atoms. The van der Waals surface area contributed by atoms with E-state index in [2.05, 4.69) is 41.1 Å². The Morgan fingerprint density at radius 1 is 0.914 bits per heavy atom. The number of nitrogens with zero attached hydrogens (tertiary/aromatic N) is 6. The molecule has 2 N–H and O–H groups in total. The van der Waals surface area contributed by atoms with Gasteiger partial charge in [0.25, 0.3) is 0 Å². The van der Waals surface area contributed by atoms with Gasteiger partial charge in [0.15, 0.2) is 11.5 Å². The maximum atomic E-state index is 13.8. The van der Waals surface area contributed by atoms with Gasteiger partial charge in [-0.05, 0) is 50.0 Å². The third-order valence-electron chi connectivity index (χ3n) is 5.77. The van der Waals surface area contributed by atoms with Gasteiger partial charge in [-0.1, -0.05) is 12.1 Å². The number of aromatic amines is 2. The Morgan fingerprint density at radius 2 is 1.80 bits per heavy atom. The zero-order valence-corrected chi connectivity index (χ0v) is 19.1. The first kappa shape index (κ1) is 21.1. The molecule has 5 heterocycles. The molecule has 0 radical (unpaired) electrons. The number of nitrogens with one attached hydrogen (secondary N) is 2. The van der Waals surface area contributed by atoms with E-state index in [4.69, 9.17) is 4.98 Å².